The molecule has 1 aromatic rings. The van der Waals surface area contributed by atoms with E-state index in [0.29, 0.717) is 6.04 Å². The molecule has 0 spiro atoms. The zero-order valence-electron chi connectivity index (χ0n) is 11.5. The minimum Gasteiger partial charge on any atom is -0.480 e. The molecule has 98 valence electrons. The maximum absolute atomic E-state index is 11.5. The van der Waals surface area contributed by atoms with Crippen LogP contribution in [0.4, 0.5) is 0 Å². The predicted octanol–water partition coefficient (Wildman–Crippen LogP) is 2.80. The Morgan fingerprint density at radius 2 is 1.72 bits per heavy atom. The Bertz CT molecular complexity index is 464. The summed E-state index contributed by atoms with van der Waals surface area (Å²) < 4.78 is 0. The Kier molecular flexibility index (Phi) is 3.44. The number of nitrogens with one attached hydrogen (secondary N) is 1. The molecule has 0 radical (unpaired) electrons. The number of hydrogen-bond acceptors (Lipinski definition) is 2. The van der Waals surface area contributed by atoms with Crippen LogP contribution in [0.5, 0.6) is 0 Å². The highest BCUT2D eigenvalue weighted by Gasteiger charge is 2.31. The van der Waals surface area contributed by atoms with Crippen molar-refractivity contribution < 1.29 is 9.90 Å². The third-order valence-corrected chi connectivity index (χ3v) is 3.94. The third kappa shape index (κ3) is 2.41. The van der Waals surface area contributed by atoms with E-state index in [1.54, 1.807) is 0 Å². The van der Waals surface area contributed by atoms with Gasteiger partial charge in [-0.15, -0.1) is 0 Å². The highest BCUT2D eigenvalue weighted by molar-refractivity contribution is 5.77. The summed E-state index contributed by atoms with van der Waals surface area (Å²) in [6.07, 6.45) is 2.18. The van der Waals surface area contributed by atoms with Crippen molar-refractivity contribution in [3.63, 3.8) is 0 Å². The molecule has 1 aliphatic carbocycles. The van der Waals surface area contributed by atoms with Gasteiger partial charge in [-0.3, -0.25) is 10.1 Å². The normalized spacial score (nSPS) is 16.7. The molecule has 3 heteroatoms. The van der Waals surface area contributed by atoms with Crippen molar-refractivity contribution in [3.05, 3.63) is 33.9 Å². The molecule has 0 aliphatic heterocycles. The van der Waals surface area contributed by atoms with Crippen LogP contribution in [-0.2, 0) is 4.79 Å². The zero-order chi connectivity index (χ0) is 13.4. The largest absolute Gasteiger partial charge is 0.480 e. The average Bonchev–Trinajstić information content (AvgIpc) is 3.09. The van der Waals surface area contributed by atoms with Gasteiger partial charge in [0.15, 0.2) is 0 Å². The molecule has 1 fully saturated rings. The summed E-state index contributed by atoms with van der Waals surface area (Å²) in [6, 6.07) is 1.94. The topological polar surface area (TPSA) is 49.3 Å². The maximum Gasteiger partial charge on any atom is 0.325 e. The number of hydrogen-bond donors (Lipinski definition) is 2. The standard InChI is InChI=1S/C15H21NO2/c1-8-7-9(2)11(4)13(10(8)3)14(15(17)18)16-12-5-6-12/h7,12,14,16H,5-6H2,1-4H3,(H,17,18). The van der Waals surface area contributed by atoms with Gasteiger partial charge in [-0.2, -0.15) is 0 Å². The van der Waals surface area contributed by atoms with Crippen LogP contribution in [-0.4, -0.2) is 17.1 Å². The summed E-state index contributed by atoms with van der Waals surface area (Å²) in [4.78, 5) is 11.5. The first-order chi connectivity index (χ1) is 8.41. The van der Waals surface area contributed by atoms with Crippen molar-refractivity contribution in [2.75, 3.05) is 0 Å². The smallest absolute Gasteiger partial charge is 0.325 e. The number of aliphatic carboxylic acids is 1. The fourth-order valence-corrected chi connectivity index (χ4v) is 2.44. The molecular formula is C15H21NO2. The molecule has 0 heterocycles. The highest BCUT2D eigenvalue weighted by Crippen LogP contribution is 2.30. The lowest BCUT2D eigenvalue weighted by molar-refractivity contribution is -0.139. The summed E-state index contributed by atoms with van der Waals surface area (Å²) in [5.41, 5.74) is 5.47. The van der Waals surface area contributed by atoms with E-state index in [0.717, 1.165) is 40.7 Å². The van der Waals surface area contributed by atoms with E-state index in [4.69, 9.17) is 0 Å². The molecule has 0 aromatic heterocycles. The van der Waals surface area contributed by atoms with Crippen molar-refractivity contribution in [1.29, 1.82) is 0 Å². The molecule has 1 aromatic carbocycles. The summed E-state index contributed by atoms with van der Waals surface area (Å²) in [5, 5.41) is 12.7. The first-order valence-electron chi connectivity index (χ1n) is 6.48. The predicted molar refractivity (Wildman–Crippen MR) is 71.9 cm³/mol. The molecule has 1 saturated carbocycles. The minimum atomic E-state index is -0.780. The van der Waals surface area contributed by atoms with E-state index >= 15 is 0 Å². The monoisotopic (exact) mass is 247 g/mol. The second kappa shape index (κ2) is 4.73. The number of carbonyl (C=O) groups is 1. The zero-order valence-corrected chi connectivity index (χ0v) is 11.5. The number of carboxylic acid groups (broad SMARTS) is 1. The lowest BCUT2D eigenvalue weighted by Gasteiger charge is -2.22. The van der Waals surface area contributed by atoms with E-state index in [1.807, 2.05) is 27.7 Å². The SMILES string of the molecule is Cc1cc(C)c(C)c(C(NC2CC2)C(=O)O)c1C. The molecule has 1 unspecified atom stereocenters. The lowest BCUT2D eigenvalue weighted by atomic mass is 9.89. The van der Waals surface area contributed by atoms with E-state index in [9.17, 15) is 9.90 Å². The van der Waals surface area contributed by atoms with Crippen molar-refractivity contribution in [2.45, 2.75) is 52.6 Å². The molecule has 1 aliphatic rings. The van der Waals surface area contributed by atoms with Gasteiger partial charge < -0.3 is 5.11 Å². The molecule has 3 nitrogen and oxygen atoms in total. The average molecular weight is 247 g/mol. The van der Waals surface area contributed by atoms with Gasteiger partial charge in [-0.25, -0.2) is 0 Å². The Labute approximate surface area is 108 Å². The second-order valence-electron chi connectivity index (χ2n) is 5.39. The molecule has 0 saturated heterocycles. The lowest BCUT2D eigenvalue weighted by Crippen LogP contribution is -2.31. The van der Waals surface area contributed by atoms with Crippen LogP contribution in [0.15, 0.2) is 6.07 Å². The Morgan fingerprint density at radius 1 is 1.22 bits per heavy atom. The van der Waals surface area contributed by atoms with E-state index < -0.39 is 12.0 Å². The van der Waals surface area contributed by atoms with Crippen molar-refractivity contribution in [1.82, 2.24) is 5.32 Å². The fraction of sp³-hybridized carbons (Fsp3) is 0.533. The molecule has 1 atom stereocenters. The van der Waals surface area contributed by atoms with Crippen molar-refractivity contribution in [3.8, 4) is 0 Å². The van der Waals surface area contributed by atoms with E-state index in [1.165, 1.54) is 0 Å². The van der Waals surface area contributed by atoms with Gasteiger partial charge in [0.25, 0.3) is 0 Å². The van der Waals surface area contributed by atoms with Crippen molar-refractivity contribution >= 4 is 5.97 Å². The van der Waals surface area contributed by atoms with Crippen LogP contribution >= 0.6 is 0 Å². The molecule has 18 heavy (non-hydrogen) atoms. The third-order valence-electron chi connectivity index (χ3n) is 3.94. The number of rotatable bonds is 4. The van der Waals surface area contributed by atoms with Crippen LogP contribution < -0.4 is 5.32 Å². The van der Waals surface area contributed by atoms with Gasteiger partial charge >= 0.3 is 5.97 Å². The minimum absolute atomic E-state index is 0.380. The second-order valence-corrected chi connectivity index (χ2v) is 5.39. The Hall–Kier alpha value is -1.35. The number of aryl methyl sites for hydroxylation is 2. The summed E-state index contributed by atoms with van der Waals surface area (Å²) >= 11 is 0. The van der Waals surface area contributed by atoms with Crippen LogP contribution in [0.2, 0.25) is 0 Å². The van der Waals surface area contributed by atoms with Gasteiger partial charge in [-0.05, 0) is 68.4 Å². The molecule has 2 rings (SSSR count). The first-order valence-corrected chi connectivity index (χ1v) is 6.48. The van der Waals surface area contributed by atoms with Gasteiger partial charge in [0.2, 0.25) is 0 Å². The molecule has 0 bridgehead atoms. The molecule has 2 N–H and O–H groups in total. The number of carboxylic acids is 1. The van der Waals surface area contributed by atoms with Gasteiger partial charge in [0.1, 0.15) is 6.04 Å². The van der Waals surface area contributed by atoms with Crippen molar-refractivity contribution in [2.24, 2.45) is 0 Å². The van der Waals surface area contributed by atoms with E-state index in [2.05, 4.69) is 11.4 Å². The Morgan fingerprint density at radius 3 is 2.11 bits per heavy atom. The van der Waals surface area contributed by atoms with Gasteiger partial charge in [0.05, 0.1) is 0 Å². The highest BCUT2D eigenvalue weighted by atomic mass is 16.4. The van der Waals surface area contributed by atoms with Crippen LogP contribution in [0.3, 0.4) is 0 Å². The van der Waals surface area contributed by atoms with E-state index in [-0.39, 0.29) is 0 Å². The number of benzene rings is 1. The quantitative estimate of drug-likeness (QED) is 0.860. The van der Waals surface area contributed by atoms with Gasteiger partial charge in [-0.1, -0.05) is 6.07 Å². The molecular weight excluding hydrogens is 226 g/mol. The first kappa shape index (κ1) is 13.1. The maximum atomic E-state index is 11.5. The van der Waals surface area contributed by atoms with Crippen LogP contribution in [0.25, 0.3) is 0 Å². The summed E-state index contributed by atoms with van der Waals surface area (Å²) in [5.74, 6) is -0.780. The summed E-state index contributed by atoms with van der Waals surface area (Å²) in [6.45, 7) is 8.12. The van der Waals surface area contributed by atoms with Crippen LogP contribution in [0, 0.1) is 27.7 Å². The summed E-state index contributed by atoms with van der Waals surface area (Å²) in [7, 11) is 0. The Balaban J connectivity index is 2.48. The molecule has 0 amide bonds. The van der Waals surface area contributed by atoms with Crippen LogP contribution in [0.1, 0.15) is 46.7 Å². The fourth-order valence-electron chi connectivity index (χ4n) is 2.44. The van der Waals surface area contributed by atoms with Gasteiger partial charge in [0, 0.05) is 6.04 Å².